The van der Waals surface area contributed by atoms with Crippen molar-refractivity contribution in [1.82, 2.24) is 4.98 Å². The number of nitrogens with one attached hydrogen (secondary N) is 2. The van der Waals surface area contributed by atoms with Gasteiger partial charge in [-0.05, 0) is 29.8 Å². The summed E-state index contributed by atoms with van der Waals surface area (Å²) in [5, 5.41) is 0.946. The molecule has 1 aromatic heterocycles. The first-order chi connectivity index (χ1) is 13.0. The number of hydrogen-bond acceptors (Lipinski definition) is 4. The number of carbonyl (C=O) groups excluding carboxylic acids is 1. The molecule has 0 saturated heterocycles. The fourth-order valence-electron chi connectivity index (χ4n) is 2.97. The van der Waals surface area contributed by atoms with Crippen molar-refractivity contribution in [3.05, 3.63) is 53.7 Å². The molecule has 3 rings (SSSR count). The van der Waals surface area contributed by atoms with E-state index in [0.717, 1.165) is 29.4 Å². The van der Waals surface area contributed by atoms with Gasteiger partial charge in [0.1, 0.15) is 17.2 Å². The molecule has 0 bridgehead atoms. The Morgan fingerprint density at radius 1 is 1.07 bits per heavy atom. The van der Waals surface area contributed by atoms with Gasteiger partial charge in [0, 0.05) is 29.6 Å². The van der Waals surface area contributed by atoms with Gasteiger partial charge in [0.05, 0.1) is 40.4 Å². The summed E-state index contributed by atoms with van der Waals surface area (Å²) in [6.45, 7) is 0.988. The minimum absolute atomic E-state index is 0.373. The fraction of sp³-hybridized carbons (Fsp3) is 0.286. The van der Waals surface area contributed by atoms with Crippen LogP contribution in [0.1, 0.15) is 15.9 Å². The van der Waals surface area contributed by atoms with Crippen LogP contribution in [0.5, 0.6) is 17.2 Å². The first-order valence-electron chi connectivity index (χ1n) is 8.85. The Morgan fingerprint density at radius 3 is 2.41 bits per heavy atom. The van der Waals surface area contributed by atoms with Crippen molar-refractivity contribution in [1.29, 1.82) is 0 Å². The molecule has 6 heteroatoms. The van der Waals surface area contributed by atoms with E-state index >= 15 is 0 Å². The lowest BCUT2D eigenvalue weighted by atomic mass is 10.1. The number of rotatable bonds is 7. The van der Waals surface area contributed by atoms with Crippen LogP contribution < -0.4 is 19.1 Å². The normalized spacial score (nSPS) is 11.0. The fourth-order valence-corrected chi connectivity index (χ4v) is 2.97. The molecule has 0 fully saturated rings. The summed E-state index contributed by atoms with van der Waals surface area (Å²) in [6, 6.07) is 10.7. The molecule has 0 aliphatic rings. The summed E-state index contributed by atoms with van der Waals surface area (Å²) >= 11 is 0. The van der Waals surface area contributed by atoms with Crippen molar-refractivity contribution in [3.8, 4) is 17.2 Å². The van der Waals surface area contributed by atoms with Crippen LogP contribution in [0.4, 0.5) is 0 Å². The number of quaternary nitrogens is 1. The van der Waals surface area contributed by atoms with Crippen molar-refractivity contribution < 1.29 is 23.9 Å². The van der Waals surface area contributed by atoms with Gasteiger partial charge in [-0.3, -0.25) is 0 Å². The zero-order chi connectivity index (χ0) is 19.4. The molecule has 0 atom stereocenters. The molecule has 3 aromatic rings. The molecule has 2 aromatic carbocycles. The average molecular weight is 369 g/mol. The quantitative estimate of drug-likeness (QED) is 0.494. The second-order valence-electron chi connectivity index (χ2n) is 6.69. The Kier molecular flexibility index (Phi) is 5.66. The van der Waals surface area contributed by atoms with Crippen LogP contribution in [0.2, 0.25) is 0 Å². The van der Waals surface area contributed by atoms with E-state index in [4.69, 9.17) is 14.2 Å². The number of benzene rings is 2. The van der Waals surface area contributed by atoms with Gasteiger partial charge in [0.2, 0.25) is 0 Å². The maximum Gasteiger partial charge on any atom is 0.343 e. The Bertz CT molecular complexity index is 924. The molecule has 1 heterocycles. The lowest BCUT2D eigenvalue weighted by molar-refractivity contribution is -0.858. The molecule has 0 spiro atoms. The molecule has 0 unspecified atom stereocenters. The van der Waals surface area contributed by atoms with Crippen LogP contribution in [-0.4, -0.2) is 45.8 Å². The first-order valence-corrected chi connectivity index (χ1v) is 8.85. The van der Waals surface area contributed by atoms with Crippen molar-refractivity contribution in [2.45, 2.75) is 6.42 Å². The molecule has 0 amide bonds. The zero-order valence-electron chi connectivity index (χ0n) is 16.1. The van der Waals surface area contributed by atoms with Crippen molar-refractivity contribution in [2.75, 3.05) is 34.9 Å². The van der Waals surface area contributed by atoms with Crippen LogP contribution in [-0.2, 0) is 6.42 Å². The molecule has 0 aliphatic carbocycles. The highest BCUT2D eigenvalue weighted by Gasteiger charge is 2.16. The van der Waals surface area contributed by atoms with E-state index in [-0.39, 0.29) is 0 Å². The van der Waals surface area contributed by atoms with Crippen LogP contribution in [0.3, 0.4) is 0 Å². The number of hydrogen-bond donors (Lipinski definition) is 2. The van der Waals surface area contributed by atoms with Gasteiger partial charge >= 0.3 is 5.97 Å². The number of esters is 1. The van der Waals surface area contributed by atoms with Crippen LogP contribution in [0.25, 0.3) is 10.9 Å². The third-order valence-electron chi connectivity index (χ3n) is 4.43. The largest absolute Gasteiger partial charge is 0.497 e. The van der Waals surface area contributed by atoms with Crippen LogP contribution in [0, 0.1) is 0 Å². The standard InChI is InChI=1S/C21H24N2O4/c1-23(2)9-8-14-13-22-18-6-5-7-19(20(14)18)27-21(24)15-10-16(25-3)12-17(11-15)26-4/h5-7,10-13,22H,8-9H2,1-4H3/p+1. The minimum Gasteiger partial charge on any atom is -0.497 e. The summed E-state index contributed by atoms with van der Waals surface area (Å²) in [4.78, 5) is 17.4. The lowest BCUT2D eigenvalue weighted by Crippen LogP contribution is -3.05. The number of carbonyl (C=O) groups is 1. The molecule has 0 radical (unpaired) electrons. The predicted molar refractivity (Wildman–Crippen MR) is 104 cm³/mol. The Labute approximate surface area is 158 Å². The van der Waals surface area contributed by atoms with Crippen LogP contribution >= 0.6 is 0 Å². The number of fused-ring (bicyclic) bond motifs is 1. The van der Waals surface area contributed by atoms with Gasteiger partial charge in [-0.15, -0.1) is 0 Å². The summed E-state index contributed by atoms with van der Waals surface area (Å²) in [5.41, 5.74) is 2.46. The summed E-state index contributed by atoms with van der Waals surface area (Å²) in [7, 11) is 7.32. The molecular formula is C21H25N2O4+. The Balaban J connectivity index is 1.92. The van der Waals surface area contributed by atoms with Gasteiger partial charge < -0.3 is 24.1 Å². The minimum atomic E-state index is -0.454. The molecule has 0 saturated carbocycles. The zero-order valence-corrected chi connectivity index (χ0v) is 16.1. The molecule has 2 N–H and O–H groups in total. The third kappa shape index (κ3) is 4.23. The molecule has 6 nitrogen and oxygen atoms in total. The van der Waals surface area contributed by atoms with Crippen molar-refractivity contribution in [2.24, 2.45) is 0 Å². The number of ether oxygens (including phenoxy) is 3. The topological polar surface area (TPSA) is 65.0 Å². The van der Waals surface area contributed by atoms with E-state index in [1.807, 2.05) is 24.4 Å². The predicted octanol–water partition coefficient (Wildman–Crippen LogP) is 2.09. The average Bonchev–Trinajstić information content (AvgIpc) is 3.10. The van der Waals surface area contributed by atoms with Gasteiger partial charge in [-0.25, -0.2) is 4.79 Å². The molecule has 27 heavy (non-hydrogen) atoms. The monoisotopic (exact) mass is 369 g/mol. The van der Waals surface area contributed by atoms with Crippen molar-refractivity contribution in [3.63, 3.8) is 0 Å². The number of aromatic nitrogens is 1. The van der Waals surface area contributed by atoms with Gasteiger partial charge in [-0.2, -0.15) is 0 Å². The second kappa shape index (κ2) is 8.14. The summed E-state index contributed by atoms with van der Waals surface area (Å²) in [6.07, 6.45) is 2.88. The Hall–Kier alpha value is -2.99. The number of aromatic amines is 1. The van der Waals surface area contributed by atoms with E-state index in [9.17, 15) is 4.79 Å². The molecule has 0 aliphatic heterocycles. The second-order valence-corrected chi connectivity index (χ2v) is 6.69. The highest BCUT2D eigenvalue weighted by atomic mass is 16.5. The van der Waals surface area contributed by atoms with Gasteiger partial charge in [0.25, 0.3) is 0 Å². The van der Waals surface area contributed by atoms with Crippen molar-refractivity contribution >= 4 is 16.9 Å². The third-order valence-corrected chi connectivity index (χ3v) is 4.43. The number of H-pyrrole nitrogens is 1. The highest BCUT2D eigenvalue weighted by molar-refractivity contribution is 5.96. The SMILES string of the molecule is COc1cc(OC)cc(C(=O)Oc2cccc3[nH]cc(CC[NH+](C)C)c23)c1. The summed E-state index contributed by atoms with van der Waals surface area (Å²) < 4.78 is 16.2. The lowest BCUT2D eigenvalue weighted by Gasteiger charge is -2.11. The highest BCUT2D eigenvalue weighted by Crippen LogP contribution is 2.30. The maximum atomic E-state index is 12.7. The smallest absolute Gasteiger partial charge is 0.343 e. The van der Waals surface area contributed by atoms with Gasteiger partial charge in [-0.1, -0.05) is 6.07 Å². The maximum absolute atomic E-state index is 12.7. The molecule has 142 valence electrons. The number of methoxy groups -OCH3 is 2. The van der Waals surface area contributed by atoms with Gasteiger partial charge in [0.15, 0.2) is 0 Å². The van der Waals surface area contributed by atoms with E-state index in [1.54, 1.807) is 32.4 Å². The van der Waals surface area contributed by atoms with E-state index in [0.29, 0.717) is 22.8 Å². The van der Waals surface area contributed by atoms with Crippen LogP contribution in [0.15, 0.2) is 42.6 Å². The summed E-state index contributed by atoms with van der Waals surface area (Å²) in [5.74, 6) is 1.17. The first kappa shape index (κ1) is 18.8. The van der Waals surface area contributed by atoms with E-state index in [1.165, 1.54) is 4.90 Å². The Morgan fingerprint density at radius 2 is 1.78 bits per heavy atom. The molecular weight excluding hydrogens is 344 g/mol. The number of likely N-dealkylation sites (N-methyl/N-ethyl adjacent to an activating group) is 1. The van der Waals surface area contributed by atoms with E-state index in [2.05, 4.69) is 19.1 Å². The van der Waals surface area contributed by atoms with E-state index < -0.39 is 5.97 Å².